The van der Waals surface area contributed by atoms with E-state index in [9.17, 15) is 10.1 Å². The van der Waals surface area contributed by atoms with Crippen LogP contribution >= 0.6 is 0 Å². The van der Waals surface area contributed by atoms with E-state index in [1.54, 1.807) is 0 Å². The maximum atomic E-state index is 11.5. The molecule has 0 amide bonds. The van der Waals surface area contributed by atoms with Crippen molar-refractivity contribution in [2.45, 2.75) is 6.92 Å². The van der Waals surface area contributed by atoms with E-state index in [2.05, 4.69) is 26.3 Å². The number of hydrogen-bond donors (Lipinski definition) is 3. The lowest BCUT2D eigenvalue weighted by molar-refractivity contribution is 1.19. The van der Waals surface area contributed by atoms with E-state index in [1.165, 1.54) is 0 Å². The van der Waals surface area contributed by atoms with Gasteiger partial charge in [0.2, 0.25) is 0 Å². The fourth-order valence-corrected chi connectivity index (χ4v) is 3.44. The highest BCUT2D eigenvalue weighted by Crippen LogP contribution is 2.29. The third-order valence-corrected chi connectivity index (χ3v) is 4.67. The number of nitrogens with one attached hydrogen (secondary N) is 3. The third kappa shape index (κ3) is 2.28. The van der Waals surface area contributed by atoms with Crippen molar-refractivity contribution in [3.63, 3.8) is 0 Å². The summed E-state index contributed by atoms with van der Waals surface area (Å²) in [6, 6.07) is 17.6. The maximum absolute atomic E-state index is 11.5. The summed E-state index contributed by atoms with van der Waals surface area (Å²) < 4.78 is 1.95. The molecule has 0 spiro atoms. The summed E-state index contributed by atoms with van der Waals surface area (Å²) in [7, 11) is 0. The highest BCUT2D eigenvalue weighted by Gasteiger charge is 2.15. The molecule has 3 N–H and O–H groups in total. The van der Waals surface area contributed by atoms with Crippen LogP contribution in [0, 0.1) is 18.3 Å². The van der Waals surface area contributed by atoms with Crippen LogP contribution in [-0.4, -0.2) is 19.4 Å². The van der Waals surface area contributed by atoms with E-state index >= 15 is 0 Å². The van der Waals surface area contributed by atoms with Crippen LogP contribution in [0.2, 0.25) is 0 Å². The molecule has 0 atom stereocenters. The first-order chi connectivity index (χ1) is 13.1. The van der Waals surface area contributed by atoms with Gasteiger partial charge in [-0.2, -0.15) is 5.26 Å². The van der Waals surface area contributed by atoms with Crippen molar-refractivity contribution < 1.29 is 0 Å². The number of nitriles is 1. The second kappa shape index (κ2) is 5.47. The first kappa shape index (κ1) is 15.2. The predicted molar refractivity (Wildman–Crippen MR) is 104 cm³/mol. The molecule has 0 aliphatic heterocycles. The number of nitrogens with zero attached hydrogens (tertiary/aromatic N) is 3. The smallest absolute Gasteiger partial charge is 0.323 e. The summed E-state index contributed by atoms with van der Waals surface area (Å²) in [5.41, 5.74) is 5.83. The molecule has 130 valence electrons. The first-order valence-corrected chi connectivity index (χ1v) is 8.44. The summed E-state index contributed by atoms with van der Waals surface area (Å²) in [5, 5.41) is 13.0. The molecule has 0 radical (unpaired) electrons. The zero-order chi connectivity index (χ0) is 18.5. The number of para-hydroxylation sites is 2. The topological polar surface area (TPSA) is 102 Å². The van der Waals surface area contributed by atoms with Crippen molar-refractivity contribution in [3.8, 4) is 6.07 Å². The van der Waals surface area contributed by atoms with E-state index in [4.69, 9.17) is 0 Å². The Labute approximate surface area is 152 Å². The van der Waals surface area contributed by atoms with Gasteiger partial charge in [0.15, 0.2) is 5.65 Å². The van der Waals surface area contributed by atoms with E-state index in [-0.39, 0.29) is 5.69 Å². The molecule has 0 fully saturated rings. The van der Waals surface area contributed by atoms with Crippen molar-refractivity contribution in [2.24, 2.45) is 0 Å². The van der Waals surface area contributed by atoms with Crippen molar-refractivity contribution in [1.82, 2.24) is 19.4 Å². The van der Waals surface area contributed by atoms with Crippen LogP contribution in [0.1, 0.15) is 11.1 Å². The second-order valence-electron chi connectivity index (χ2n) is 6.42. The molecule has 5 rings (SSSR count). The molecule has 0 saturated carbocycles. The number of H-pyrrole nitrogens is 2. The molecule has 7 nitrogen and oxygen atoms in total. The van der Waals surface area contributed by atoms with Gasteiger partial charge in [-0.1, -0.05) is 12.1 Å². The largest absolute Gasteiger partial charge is 0.341 e. The molecule has 0 saturated heterocycles. The summed E-state index contributed by atoms with van der Waals surface area (Å²) >= 11 is 0. The monoisotopic (exact) mass is 354 g/mol. The molecule has 0 bridgehead atoms. The fraction of sp³-hybridized carbons (Fsp3) is 0.0500. The second-order valence-corrected chi connectivity index (χ2v) is 6.42. The Morgan fingerprint density at radius 1 is 1.11 bits per heavy atom. The van der Waals surface area contributed by atoms with Crippen LogP contribution in [0.4, 0.5) is 11.5 Å². The minimum absolute atomic E-state index is 0.237. The van der Waals surface area contributed by atoms with Gasteiger partial charge in [0.1, 0.15) is 11.9 Å². The lowest BCUT2D eigenvalue weighted by Crippen LogP contribution is -2.02. The summed E-state index contributed by atoms with van der Waals surface area (Å²) in [6.07, 6.45) is 0. The highest BCUT2D eigenvalue weighted by molar-refractivity contribution is 5.86. The SMILES string of the molecule is Cc1cc(Nc2ccc3[nH]c(=O)[nH]c3c2)n2c(nc3ccccc32)c1C#N. The Hall–Kier alpha value is -4.05. The van der Waals surface area contributed by atoms with E-state index in [0.29, 0.717) is 11.2 Å². The van der Waals surface area contributed by atoms with Gasteiger partial charge >= 0.3 is 5.69 Å². The molecule has 5 aromatic rings. The summed E-state index contributed by atoms with van der Waals surface area (Å²) in [6.45, 7) is 1.90. The van der Waals surface area contributed by atoms with Crippen LogP contribution < -0.4 is 11.0 Å². The van der Waals surface area contributed by atoms with Crippen LogP contribution in [-0.2, 0) is 0 Å². The van der Waals surface area contributed by atoms with E-state index in [0.717, 1.165) is 39.1 Å². The molecular formula is C20H14N6O. The van der Waals surface area contributed by atoms with E-state index < -0.39 is 0 Å². The quantitative estimate of drug-likeness (QED) is 0.451. The Morgan fingerprint density at radius 2 is 1.93 bits per heavy atom. The molecule has 27 heavy (non-hydrogen) atoms. The number of fused-ring (bicyclic) bond motifs is 4. The average molecular weight is 354 g/mol. The number of imidazole rings is 2. The lowest BCUT2D eigenvalue weighted by atomic mass is 10.1. The molecule has 0 unspecified atom stereocenters. The van der Waals surface area contributed by atoms with Crippen molar-refractivity contribution in [1.29, 1.82) is 5.26 Å². The Bertz CT molecular complexity index is 1450. The number of aryl methyl sites for hydroxylation is 1. The van der Waals surface area contributed by atoms with Gasteiger partial charge in [0.25, 0.3) is 0 Å². The Morgan fingerprint density at radius 3 is 2.78 bits per heavy atom. The van der Waals surface area contributed by atoms with E-state index in [1.807, 2.05) is 59.9 Å². The number of hydrogen-bond acceptors (Lipinski definition) is 4. The van der Waals surface area contributed by atoms with Crippen molar-refractivity contribution in [2.75, 3.05) is 5.32 Å². The first-order valence-electron chi connectivity index (χ1n) is 8.44. The Balaban J connectivity index is 1.76. The minimum Gasteiger partial charge on any atom is -0.341 e. The van der Waals surface area contributed by atoms with Crippen LogP contribution in [0.3, 0.4) is 0 Å². The van der Waals surface area contributed by atoms with Gasteiger partial charge in [-0.15, -0.1) is 0 Å². The van der Waals surface area contributed by atoms with Crippen LogP contribution in [0.15, 0.2) is 53.3 Å². The number of rotatable bonds is 2. The van der Waals surface area contributed by atoms with Crippen molar-refractivity contribution in [3.05, 3.63) is 70.1 Å². The van der Waals surface area contributed by atoms with Gasteiger partial charge in [-0.3, -0.25) is 4.40 Å². The summed E-state index contributed by atoms with van der Waals surface area (Å²) in [5.74, 6) is 0.799. The van der Waals surface area contributed by atoms with Gasteiger partial charge in [-0.05, 0) is 48.9 Å². The number of aromatic amines is 2. The zero-order valence-electron chi connectivity index (χ0n) is 14.4. The number of aromatic nitrogens is 4. The summed E-state index contributed by atoms with van der Waals surface area (Å²) in [4.78, 5) is 21.6. The van der Waals surface area contributed by atoms with Gasteiger partial charge < -0.3 is 15.3 Å². The maximum Gasteiger partial charge on any atom is 0.323 e. The normalized spacial score (nSPS) is 11.3. The minimum atomic E-state index is -0.237. The van der Waals surface area contributed by atoms with Crippen LogP contribution in [0.25, 0.3) is 27.7 Å². The molecule has 0 aliphatic carbocycles. The molecule has 3 heterocycles. The van der Waals surface area contributed by atoms with Gasteiger partial charge in [0, 0.05) is 5.69 Å². The zero-order valence-corrected chi connectivity index (χ0v) is 14.4. The lowest BCUT2D eigenvalue weighted by Gasteiger charge is -2.12. The fourth-order valence-electron chi connectivity index (χ4n) is 3.44. The van der Waals surface area contributed by atoms with Crippen LogP contribution in [0.5, 0.6) is 0 Å². The van der Waals surface area contributed by atoms with Gasteiger partial charge in [-0.25, -0.2) is 9.78 Å². The van der Waals surface area contributed by atoms with Crippen molar-refractivity contribution >= 4 is 39.2 Å². The number of pyridine rings is 1. The average Bonchev–Trinajstić information content (AvgIpc) is 3.21. The third-order valence-electron chi connectivity index (χ3n) is 4.67. The molecule has 2 aromatic carbocycles. The molecular weight excluding hydrogens is 340 g/mol. The Kier molecular flexibility index (Phi) is 3.09. The number of benzene rings is 2. The molecule has 7 heteroatoms. The predicted octanol–water partition coefficient (Wildman–Crippen LogP) is 3.58. The number of anilines is 2. The van der Waals surface area contributed by atoms with Gasteiger partial charge in [0.05, 0.1) is 27.6 Å². The standard InChI is InChI=1S/C20H14N6O/c1-11-8-18(22-12-6-7-14-16(9-12)25-20(27)24-14)26-17-5-3-2-4-15(17)23-19(26)13(11)10-21/h2-9,22H,1H3,(H2,24,25,27). The highest BCUT2D eigenvalue weighted by atomic mass is 16.1. The molecule has 0 aliphatic rings. The molecule has 3 aromatic heterocycles.